The van der Waals surface area contributed by atoms with E-state index in [1.807, 2.05) is 4.90 Å². The van der Waals surface area contributed by atoms with E-state index in [2.05, 4.69) is 4.74 Å². The maximum atomic E-state index is 11.3. The van der Waals surface area contributed by atoms with Gasteiger partial charge in [-0.1, -0.05) is 0 Å². The van der Waals surface area contributed by atoms with E-state index in [1.54, 1.807) is 19.1 Å². The van der Waals surface area contributed by atoms with Crippen LogP contribution in [0.3, 0.4) is 0 Å². The summed E-state index contributed by atoms with van der Waals surface area (Å²) in [4.78, 5) is 13.4. The molecule has 1 fully saturated rings. The SMILES string of the molecule is COC(=O)C1CN(c2ccc(S(N)(=O)=O)c(C)c2)C1. The Morgan fingerprint density at radius 1 is 1.42 bits per heavy atom. The van der Waals surface area contributed by atoms with E-state index in [0.717, 1.165) is 5.69 Å². The number of rotatable bonds is 3. The van der Waals surface area contributed by atoms with Crippen LogP contribution in [-0.2, 0) is 19.6 Å². The van der Waals surface area contributed by atoms with Crippen LogP contribution in [0, 0.1) is 12.8 Å². The summed E-state index contributed by atoms with van der Waals surface area (Å²) in [5.41, 5.74) is 1.48. The zero-order chi connectivity index (χ0) is 14.2. The monoisotopic (exact) mass is 284 g/mol. The number of anilines is 1. The lowest BCUT2D eigenvalue weighted by Crippen LogP contribution is -2.50. The normalized spacial score (nSPS) is 16.1. The minimum Gasteiger partial charge on any atom is -0.469 e. The third-order valence-corrected chi connectivity index (χ3v) is 4.32. The molecule has 1 aliphatic heterocycles. The molecule has 19 heavy (non-hydrogen) atoms. The number of nitrogens with zero attached hydrogens (tertiary/aromatic N) is 1. The fourth-order valence-electron chi connectivity index (χ4n) is 2.15. The molecule has 1 aromatic rings. The van der Waals surface area contributed by atoms with Gasteiger partial charge in [0, 0.05) is 18.8 Å². The summed E-state index contributed by atoms with van der Waals surface area (Å²) in [6.07, 6.45) is 0. The number of primary sulfonamides is 1. The third-order valence-electron chi connectivity index (χ3n) is 3.25. The predicted octanol–water partition coefficient (Wildman–Crippen LogP) is 0.252. The van der Waals surface area contributed by atoms with Crippen LogP contribution in [0.2, 0.25) is 0 Å². The molecule has 0 unspecified atom stereocenters. The fourth-order valence-corrected chi connectivity index (χ4v) is 2.92. The van der Waals surface area contributed by atoms with Crippen LogP contribution >= 0.6 is 0 Å². The smallest absolute Gasteiger partial charge is 0.312 e. The van der Waals surface area contributed by atoms with Gasteiger partial charge in [0.15, 0.2) is 0 Å². The number of ether oxygens (including phenoxy) is 1. The van der Waals surface area contributed by atoms with Gasteiger partial charge in [0.1, 0.15) is 0 Å². The molecule has 1 saturated heterocycles. The average Bonchev–Trinajstić information content (AvgIpc) is 2.25. The summed E-state index contributed by atoms with van der Waals surface area (Å²) in [6.45, 7) is 2.86. The highest BCUT2D eigenvalue weighted by Crippen LogP contribution is 2.28. The molecule has 2 N–H and O–H groups in total. The molecule has 0 aliphatic carbocycles. The number of hydrogen-bond acceptors (Lipinski definition) is 5. The second kappa shape index (κ2) is 4.82. The standard InChI is InChI=1S/C12H16N2O4S/c1-8-5-10(3-4-11(8)19(13,16)17)14-6-9(7-14)12(15)18-2/h3-5,9H,6-7H2,1-2H3,(H2,13,16,17). The Kier molecular flexibility index (Phi) is 3.51. The van der Waals surface area contributed by atoms with Crippen molar-refractivity contribution in [3.63, 3.8) is 0 Å². The third kappa shape index (κ3) is 2.71. The van der Waals surface area contributed by atoms with E-state index in [9.17, 15) is 13.2 Å². The van der Waals surface area contributed by atoms with Crippen LogP contribution in [0.5, 0.6) is 0 Å². The first kappa shape index (κ1) is 13.8. The molecule has 1 heterocycles. The number of aryl methyl sites for hydroxylation is 1. The zero-order valence-electron chi connectivity index (χ0n) is 10.8. The fraction of sp³-hybridized carbons (Fsp3) is 0.417. The van der Waals surface area contributed by atoms with Crippen LogP contribution in [-0.4, -0.2) is 34.6 Å². The highest BCUT2D eigenvalue weighted by atomic mass is 32.2. The Bertz CT molecular complexity index is 606. The minimum atomic E-state index is -3.69. The van der Waals surface area contributed by atoms with Gasteiger partial charge in [0.05, 0.1) is 17.9 Å². The molecule has 7 heteroatoms. The van der Waals surface area contributed by atoms with Crippen molar-refractivity contribution in [1.82, 2.24) is 0 Å². The topological polar surface area (TPSA) is 89.7 Å². The molecule has 0 atom stereocenters. The van der Waals surface area contributed by atoms with Crippen molar-refractivity contribution in [1.29, 1.82) is 0 Å². The first-order chi connectivity index (χ1) is 8.82. The summed E-state index contributed by atoms with van der Waals surface area (Å²) in [7, 11) is -2.31. The van der Waals surface area contributed by atoms with Crippen molar-refractivity contribution < 1.29 is 17.9 Å². The Labute approximate surface area is 112 Å². The second-order valence-corrected chi connectivity index (χ2v) is 6.15. The number of nitrogens with two attached hydrogens (primary N) is 1. The molecule has 6 nitrogen and oxygen atoms in total. The Morgan fingerprint density at radius 3 is 2.53 bits per heavy atom. The molecular weight excluding hydrogens is 268 g/mol. The minimum absolute atomic E-state index is 0.108. The molecule has 2 rings (SSSR count). The van der Waals surface area contributed by atoms with Gasteiger partial charge in [0.25, 0.3) is 0 Å². The predicted molar refractivity (Wildman–Crippen MR) is 70.3 cm³/mol. The number of benzene rings is 1. The number of methoxy groups -OCH3 is 1. The lowest BCUT2D eigenvalue weighted by atomic mass is 9.99. The number of sulfonamides is 1. The van der Waals surface area contributed by atoms with E-state index in [-0.39, 0.29) is 16.8 Å². The first-order valence-electron chi connectivity index (χ1n) is 5.79. The Morgan fingerprint density at radius 2 is 2.05 bits per heavy atom. The quantitative estimate of drug-likeness (QED) is 0.804. The molecule has 0 saturated carbocycles. The van der Waals surface area contributed by atoms with Crippen molar-refractivity contribution in [2.75, 3.05) is 25.1 Å². The van der Waals surface area contributed by atoms with Gasteiger partial charge in [-0.15, -0.1) is 0 Å². The summed E-state index contributed by atoms with van der Waals surface area (Å²) in [6, 6.07) is 4.94. The van der Waals surface area contributed by atoms with E-state index < -0.39 is 10.0 Å². The van der Waals surface area contributed by atoms with Gasteiger partial charge >= 0.3 is 5.97 Å². The van der Waals surface area contributed by atoms with Crippen molar-refractivity contribution in [3.8, 4) is 0 Å². The van der Waals surface area contributed by atoms with Gasteiger partial charge in [-0.2, -0.15) is 0 Å². The number of hydrogen-bond donors (Lipinski definition) is 1. The highest BCUT2D eigenvalue weighted by molar-refractivity contribution is 7.89. The molecule has 104 valence electrons. The molecule has 1 aromatic carbocycles. The van der Waals surface area contributed by atoms with Crippen LogP contribution in [0.4, 0.5) is 5.69 Å². The summed E-state index contributed by atoms with van der Waals surface area (Å²) in [5.74, 6) is -0.322. The van der Waals surface area contributed by atoms with Gasteiger partial charge in [-0.25, -0.2) is 13.6 Å². The maximum Gasteiger partial charge on any atom is 0.312 e. The van der Waals surface area contributed by atoms with Gasteiger partial charge in [0.2, 0.25) is 10.0 Å². The summed E-state index contributed by atoms with van der Waals surface area (Å²) < 4.78 is 27.3. The van der Waals surface area contributed by atoms with E-state index in [0.29, 0.717) is 18.7 Å². The van der Waals surface area contributed by atoms with Crippen molar-refractivity contribution in [2.24, 2.45) is 11.1 Å². The van der Waals surface area contributed by atoms with Crippen molar-refractivity contribution >= 4 is 21.7 Å². The van der Waals surface area contributed by atoms with Crippen LogP contribution in [0.25, 0.3) is 0 Å². The van der Waals surface area contributed by atoms with Gasteiger partial charge in [-0.05, 0) is 30.7 Å². The molecule has 0 aromatic heterocycles. The van der Waals surface area contributed by atoms with Crippen LogP contribution in [0.15, 0.2) is 23.1 Å². The highest BCUT2D eigenvalue weighted by Gasteiger charge is 2.33. The molecular formula is C12H16N2O4S. The summed E-state index contributed by atoms with van der Waals surface area (Å²) in [5, 5.41) is 5.11. The van der Waals surface area contributed by atoms with Crippen molar-refractivity contribution in [3.05, 3.63) is 23.8 Å². The molecule has 0 amide bonds. The van der Waals surface area contributed by atoms with Crippen molar-refractivity contribution in [2.45, 2.75) is 11.8 Å². The molecule has 0 bridgehead atoms. The Hall–Kier alpha value is -1.60. The summed E-state index contributed by atoms with van der Waals surface area (Å²) >= 11 is 0. The average molecular weight is 284 g/mol. The van der Waals surface area contributed by atoms with Gasteiger partial charge < -0.3 is 9.64 Å². The molecule has 0 radical (unpaired) electrons. The maximum absolute atomic E-state index is 11.3. The number of carbonyl (C=O) groups excluding carboxylic acids is 1. The second-order valence-electron chi connectivity index (χ2n) is 4.62. The lowest BCUT2D eigenvalue weighted by Gasteiger charge is -2.39. The first-order valence-corrected chi connectivity index (χ1v) is 7.34. The zero-order valence-corrected chi connectivity index (χ0v) is 11.6. The van der Waals surface area contributed by atoms with E-state index in [4.69, 9.17) is 5.14 Å². The largest absolute Gasteiger partial charge is 0.469 e. The van der Waals surface area contributed by atoms with Gasteiger partial charge in [-0.3, -0.25) is 4.79 Å². The number of carbonyl (C=O) groups is 1. The van der Waals surface area contributed by atoms with Crippen LogP contribution < -0.4 is 10.0 Å². The van der Waals surface area contributed by atoms with Crippen LogP contribution in [0.1, 0.15) is 5.56 Å². The van der Waals surface area contributed by atoms with E-state index in [1.165, 1.54) is 13.2 Å². The molecule has 0 spiro atoms. The molecule has 1 aliphatic rings. The van der Waals surface area contributed by atoms with E-state index >= 15 is 0 Å². The number of esters is 1. The Balaban J connectivity index is 2.13. The lowest BCUT2D eigenvalue weighted by molar-refractivity contribution is -0.146.